The smallest absolute Gasteiger partial charge is 0.408 e. The fourth-order valence-corrected chi connectivity index (χ4v) is 8.10. The second-order valence-electron chi connectivity index (χ2n) is 9.16. The van der Waals surface area contributed by atoms with Crippen molar-refractivity contribution in [1.29, 1.82) is 0 Å². The van der Waals surface area contributed by atoms with Crippen molar-refractivity contribution in [3.8, 4) is 0 Å². The van der Waals surface area contributed by atoms with E-state index in [0.29, 0.717) is 19.5 Å². The minimum absolute atomic E-state index is 0.0243. The standard InChI is InChI=1S/C25H33FIN5O4S/c26-21-14-20-9-10-22(21)32-24-29-16-19(17-30-24)18-8-11-23(27-15-18)36-25(33)28-12-6-4-2-1-3-5-7-13-31-37(20,34)35/h9-10,14-18,23,31H,1-8,11-13H2,(H,28,33)(H,29,30,32). The SMILES string of the molecule is O=C1NCCCCCCCCCNS(=O)(=O)c2ccc(c(F)c2)Nc2ncc(cn2)C2C=IC(CC2)O1. The summed E-state index contributed by atoms with van der Waals surface area (Å²) in [4.78, 5) is 20.6. The van der Waals surface area contributed by atoms with Crippen LogP contribution in [0.4, 0.5) is 20.8 Å². The zero-order valence-electron chi connectivity index (χ0n) is 20.6. The molecule has 9 nitrogen and oxygen atoms in total. The summed E-state index contributed by atoms with van der Waals surface area (Å²) in [5.74, 6) is -0.286. The van der Waals surface area contributed by atoms with Gasteiger partial charge in [0.05, 0.1) is 10.6 Å². The highest BCUT2D eigenvalue weighted by atomic mass is 127. The predicted molar refractivity (Wildman–Crippen MR) is 150 cm³/mol. The van der Waals surface area contributed by atoms with Crippen LogP contribution in [0.3, 0.4) is 0 Å². The van der Waals surface area contributed by atoms with Gasteiger partial charge in [0.1, 0.15) is 9.93 Å². The third-order valence-corrected chi connectivity index (χ3v) is 10.7. The summed E-state index contributed by atoms with van der Waals surface area (Å²) in [5.41, 5.74) is 1.05. The number of alkyl carbamates (subject to hydrolysis) is 1. The van der Waals surface area contributed by atoms with Gasteiger partial charge in [0.15, 0.2) is 0 Å². The lowest BCUT2D eigenvalue weighted by Gasteiger charge is -2.22. The van der Waals surface area contributed by atoms with Crippen LogP contribution in [0, 0.1) is 5.82 Å². The van der Waals surface area contributed by atoms with Crippen LogP contribution in [0.5, 0.6) is 0 Å². The molecule has 12 heteroatoms. The van der Waals surface area contributed by atoms with Crippen molar-refractivity contribution in [2.45, 2.75) is 72.7 Å². The number of nitrogens with one attached hydrogen (secondary N) is 3. The van der Waals surface area contributed by atoms with E-state index in [4.69, 9.17) is 4.74 Å². The number of rotatable bonds is 0. The minimum Gasteiger partial charge on any atom is -0.436 e. The molecule has 7 rings (SSSR count). The first kappa shape index (κ1) is 27.8. The second-order valence-corrected chi connectivity index (χ2v) is 13.8. The maximum absolute atomic E-state index is 14.7. The van der Waals surface area contributed by atoms with Crippen molar-refractivity contribution in [1.82, 2.24) is 20.0 Å². The number of carbonyl (C=O) groups excluding carboxylic acids is 1. The van der Waals surface area contributed by atoms with E-state index in [-0.39, 0.29) is 32.7 Å². The Bertz CT molecular complexity index is 1200. The third-order valence-electron chi connectivity index (χ3n) is 6.32. The molecule has 6 bridgehead atoms. The first-order valence-corrected chi connectivity index (χ1v) is 16.7. The van der Waals surface area contributed by atoms with Gasteiger partial charge in [-0.15, -0.1) is 0 Å². The molecule has 202 valence electrons. The molecule has 0 radical (unpaired) electrons. The highest BCUT2D eigenvalue weighted by Crippen LogP contribution is 2.32. The summed E-state index contributed by atoms with van der Waals surface area (Å²) in [5, 5.41) is 5.68. The van der Waals surface area contributed by atoms with E-state index in [1.54, 1.807) is 12.4 Å². The van der Waals surface area contributed by atoms with E-state index in [0.717, 1.165) is 63.0 Å². The van der Waals surface area contributed by atoms with Crippen molar-refractivity contribution in [3.63, 3.8) is 0 Å². The van der Waals surface area contributed by atoms with E-state index in [1.807, 2.05) is 0 Å². The number of hydrogen-bond acceptors (Lipinski definition) is 7. The van der Waals surface area contributed by atoms with Crippen molar-refractivity contribution in [2.75, 3.05) is 18.4 Å². The summed E-state index contributed by atoms with van der Waals surface area (Å²) in [7, 11) is -3.80. The zero-order chi connectivity index (χ0) is 26.1. The molecule has 1 amide bonds. The van der Waals surface area contributed by atoms with Gasteiger partial charge in [-0.25, -0.2) is 32.3 Å². The lowest BCUT2D eigenvalue weighted by atomic mass is 9.99. The maximum atomic E-state index is 14.7. The summed E-state index contributed by atoms with van der Waals surface area (Å²) in [6, 6.07) is 3.75. The molecule has 0 saturated heterocycles. The number of benzene rings is 1. The molecule has 1 aromatic heterocycles. The maximum Gasteiger partial charge on any atom is 0.408 e. The number of hydrogen-bond donors (Lipinski definition) is 3. The van der Waals surface area contributed by atoms with Crippen molar-refractivity contribution in [2.24, 2.45) is 0 Å². The number of ether oxygens (including phenoxy) is 1. The van der Waals surface area contributed by atoms with E-state index < -0.39 is 36.6 Å². The molecule has 0 saturated carbocycles. The first-order chi connectivity index (χ1) is 17.9. The lowest BCUT2D eigenvalue weighted by molar-refractivity contribution is 0.136. The fourth-order valence-electron chi connectivity index (χ4n) is 4.18. The molecule has 2 unspecified atom stereocenters. The predicted octanol–water partition coefficient (Wildman–Crippen LogP) is 5.08. The number of carbonyl (C=O) groups is 1. The van der Waals surface area contributed by atoms with Crippen LogP contribution in [-0.4, -0.2) is 45.7 Å². The van der Waals surface area contributed by atoms with Crippen LogP contribution in [-0.2, 0) is 14.8 Å². The van der Waals surface area contributed by atoms with Gasteiger partial charge in [0, 0.05) is 31.4 Å². The van der Waals surface area contributed by atoms with Crippen LogP contribution in [0.1, 0.15) is 69.3 Å². The van der Waals surface area contributed by atoms with Crippen molar-refractivity contribution < 1.29 is 22.3 Å². The number of halogens is 2. The fraction of sp³-hybridized carbons (Fsp3) is 0.520. The quantitative estimate of drug-likeness (QED) is 0.270. The molecule has 0 fully saturated rings. The Balaban J connectivity index is 1.45. The van der Waals surface area contributed by atoms with E-state index in [2.05, 4.69) is 29.3 Å². The Morgan fingerprint density at radius 1 is 0.973 bits per heavy atom. The Morgan fingerprint density at radius 2 is 1.68 bits per heavy atom. The van der Waals surface area contributed by atoms with E-state index >= 15 is 0 Å². The molecule has 37 heavy (non-hydrogen) atoms. The molecule has 6 heterocycles. The summed E-state index contributed by atoms with van der Waals surface area (Å²) < 4.78 is 50.2. The number of sulfonamides is 1. The molecular weight excluding hydrogens is 612 g/mol. The van der Waals surface area contributed by atoms with Gasteiger partial charge < -0.3 is 15.4 Å². The number of amides is 1. The lowest BCUT2D eigenvalue weighted by Crippen LogP contribution is -2.29. The monoisotopic (exact) mass is 645 g/mol. The molecule has 2 atom stereocenters. The van der Waals surface area contributed by atoms with E-state index in [1.165, 1.54) is 12.1 Å². The summed E-state index contributed by atoms with van der Waals surface area (Å²) >= 11 is -0.427. The van der Waals surface area contributed by atoms with Gasteiger partial charge in [-0.1, -0.05) is 52.8 Å². The van der Waals surface area contributed by atoms with Gasteiger partial charge in [-0.2, -0.15) is 0 Å². The molecule has 2 aromatic rings. The number of anilines is 2. The Labute approximate surface area is 227 Å². The van der Waals surface area contributed by atoms with Crippen LogP contribution in [0.2, 0.25) is 0 Å². The molecule has 1 aromatic carbocycles. The number of fused-ring (bicyclic) bond motifs is 3. The largest absolute Gasteiger partial charge is 0.436 e. The third kappa shape index (κ3) is 8.40. The summed E-state index contributed by atoms with van der Waals surface area (Å²) in [6.07, 6.45) is 11.4. The summed E-state index contributed by atoms with van der Waals surface area (Å²) in [6.45, 7) is 0.912. The number of alkyl halides is 1. The number of aromatic nitrogens is 2. The van der Waals surface area contributed by atoms with Crippen LogP contribution in [0.25, 0.3) is 0 Å². The normalized spacial score (nSPS) is 23.8. The molecular formula is C25H33FIN5O4S. The Hall–Kier alpha value is -2.19. The molecule has 0 spiro atoms. The van der Waals surface area contributed by atoms with Gasteiger partial charge in [0.25, 0.3) is 0 Å². The first-order valence-electron chi connectivity index (χ1n) is 12.7. The molecule has 3 N–H and O–H groups in total. The zero-order valence-corrected chi connectivity index (χ0v) is 23.6. The average molecular weight is 646 g/mol. The van der Waals surface area contributed by atoms with Gasteiger partial charge >= 0.3 is 6.09 Å². The van der Waals surface area contributed by atoms with Crippen LogP contribution in [0.15, 0.2) is 35.5 Å². The number of nitrogens with zero attached hydrogens (tertiary/aromatic N) is 2. The average Bonchev–Trinajstić information content (AvgIpc) is 2.89. The minimum atomic E-state index is -3.80. The molecule has 5 aliphatic heterocycles. The van der Waals surface area contributed by atoms with Crippen LogP contribution >= 0.6 is 20.7 Å². The molecule has 5 aliphatic rings. The van der Waals surface area contributed by atoms with Crippen LogP contribution < -0.4 is 15.4 Å². The second kappa shape index (κ2) is 13.6. The Kier molecular flexibility index (Phi) is 10.2. The van der Waals surface area contributed by atoms with Gasteiger partial charge in [0.2, 0.25) is 16.0 Å². The Morgan fingerprint density at radius 3 is 2.35 bits per heavy atom. The van der Waals surface area contributed by atoms with Crippen molar-refractivity contribution in [3.05, 3.63) is 42.0 Å². The molecule has 0 aliphatic carbocycles. The highest BCUT2D eigenvalue weighted by Gasteiger charge is 2.21. The van der Waals surface area contributed by atoms with E-state index in [9.17, 15) is 17.6 Å². The topological polar surface area (TPSA) is 122 Å². The van der Waals surface area contributed by atoms with Gasteiger partial charge in [-0.3, -0.25) is 0 Å². The highest BCUT2D eigenvalue weighted by molar-refractivity contribution is 14.2. The van der Waals surface area contributed by atoms with Gasteiger partial charge in [-0.05, 0) is 53.5 Å². The van der Waals surface area contributed by atoms with Crippen molar-refractivity contribution >= 4 is 52.5 Å².